The molecule has 11 heavy (non-hydrogen) atoms. The van der Waals surface area contributed by atoms with E-state index in [9.17, 15) is 13.2 Å². The average molecular weight is 186 g/mol. The maximum Gasteiger partial charge on any atom is 0.389 e. The highest BCUT2D eigenvalue weighted by molar-refractivity contribution is 8.00. The lowest BCUT2D eigenvalue weighted by atomic mass is 10.3. The number of hydrogen-bond acceptors (Lipinski definition) is 1. The first-order valence-corrected chi connectivity index (χ1v) is 4.40. The smallest absolute Gasteiger partial charge is 0.171 e. The fraction of sp³-hybridized carbons (Fsp3) is 1.00. The van der Waals surface area contributed by atoms with Crippen LogP contribution in [0.15, 0.2) is 0 Å². The monoisotopic (exact) mass is 186 g/mol. The van der Waals surface area contributed by atoms with Crippen molar-refractivity contribution in [2.45, 2.75) is 38.1 Å². The molecule has 0 saturated carbocycles. The van der Waals surface area contributed by atoms with Crippen LogP contribution >= 0.6 is 11.8 Å². The number of thioether (sulfide) groups is 1. The van der Waals surface area contributed by atoms with Crippen molar-refractivity contribution in [3.63, 3.8) is 0 Å². The van der Waals surface area contributed by atoms with Crippen LogP contribution in [0.2, 0.25) is 0 Å². The van der Waals surface area contributed by atoms with E-state index in [0.29, 0.717) is 0 Å². The third kappa shape index (κ3) is 10.1. The van der Waals surface area contributed by atoms with E-state index in [1.165, 1.54) is 11.8 Å². The maximum atomic E-state index is 11.6. The molecule has 0 aromatic heterocycles. The molecule has 68 valence electrons. The van der Waals surface area contributed by atoms with Gasteiger partial charge in [-0.15, -0.1) is 0 Å². The molecule has 0 spiro atoms. The largest absolute Gasteiger partial charge is 0.389 e. The molecule has 0 heterocycles. The number of alkyl halides is 3. The maximum absolute atomic E-state index is 11.6. The molecule has 0 rings (SSSR count). The highest BCUT2D eigenvalue weighted by atomic mass is 32.2. The van der Waals surface area contributed by atoms with Gasteiger partial charge in [0.25, 0.3) is 0 Å². The Morgan fingerprint density at radius 1 is 1.09 bits per heavy atom. The molecule has 0 aromatic carbocycles. The molecule has 0 nitrogen and oxygen atoms in total. The van der Waals surface area contributed by atoms with E-state index < -0.39 is 12.6 Å². The molecule has 4 heteroatoms. The van der Waals surface area contributed by atoms with Crippen LogP contribution in [0.1, 0.15) is 27.2 Å². The van der Waals surface area contributed by atoms with Crippen molar-refractivity contribution in [2.24, 2.45) is 0 Å². The predicted molar refractivity (Wildman–Crippen MR) is 42.9 cm³/mol. The van der Waals surface area contributed by atoms with Crippen molar-refractivity contribution in [1.82, 2.24) is 0 Å². The van der Waals surface area contributed by atoms with Gasteiger partial charge in [-0.2, -0.15) is 24.9 Å². The quantitative estimate of drug-likeness (QED) is 0.636. The third-order valence-corrected chi connectivity index (χ3v) is 2.19. The van der Waals surface area contributed by atoms with Gasteiger partial charge in [-0.05, 0) is 0 Å². The van der Waals surface area contributed by atoms with Crippen LogP contribution in [0.25, 0.3) is 0 Å². The lowest BCUT2D eigenvalue weighted by molar-refractivity contribution is -0.129. The first kappa shape index (κ1) is 11.1. The molecule has 0 atom stereocenters. The first-order valence-electron chi connectivity index (χ1n) is 3.41. The van der Waals surface area contributed by atoms with Crippen LogP contribution in [0.4, 0.5) is 13.2 Å². The van der Waals surface area contributed by atoms with Gasteiger partial charge in [0.05, 0.1) is 6.42 Å². The van der Waals surface area contributed by atoms with Gasteiger partial charge in [0.1, 0.15) is 0 Å². The van der Waals surface area contributed by atoms with Gasteiger partial charge in [0.15, 0.2) is 0 Å². The van der Waals surface area contributed by atoms with Gasteiger partial charge in [0.2, 0.25) is 0 Å². The molecule has 0 fully saturated rings. The molecular weight excluding hydrogens is 173 g/mol. The number of hydrogen-bond donors (Lipinski definition) is 0. The van der Waals surface area contributed by atoms with Crippen LogP contribution in [0, 0.1) is 0 Å². The molecule has 0 aliphatic carbocycles. The summed E-state index contributed by atoms with van der Waals surface area (Å²) in [5, 5.41) is 0. The van der Waals surface area contributed by atoms with Gasteiger partial charge in [-0.1, -0.05) is 20.8 Å². The third-order valence-electron chi connectivity index (χ3n) is 0.921. The minimum atomic E-state index is -4.00. The van der Waals surface area contributed by atoms with E-state index in [4.69, 9.17) is 0 Å². The van der Waals surface area contributed by atoms with E-state index in [1.54, 1.807) is 0 Å². The molecule has 0 bridgehead atoms. The van der Waals surface area contributed by atoms with Crippen molar-refractivity contribution in [1.29, 1.82) is 0 Å². The Labute approximate surface area is 69.5 Å². The Morgan fingerprint density at radius 2 is 1.55 bits per heavy atom. The van der Waals surface area contributed by atoms with Crippen molar-refractivity contribution in [3.05, 3.63) is 0 Å². The Balaban J connectivity index is 3.44. The minimum Gasteiger partial charge on any atom is -0.171 e. The van der Waals surface area contributed by atoms with Gasteiger partial charge in [0, 0.05) is 10.5 Å². The summed E-state index contributed by atoms with van der Waals surface area (Å²) in [6.45, 7) is 5.73. The molecular formula is C7H13F3S. The Hall–Kier alpha value is 0.140. The lowest BCUT2D eigenvalue weighted by Gasteiger charge is -2.17. The van der Waals surface area contributed by atoms with E-state index in [1.807, 2.05) is 20.8 Å². The fourth-order valence-electron chi connectivity index (χ4n) is 0.473. The second-order valence-corrected chi connectivity index (χ2v) is 5.25. The SMILES string of the molecule is CC(C)(C)SCCC(F)(F)F. The zero-order valence-electron chi connectivity index (χ0n) is 6.96. The Kier molecular flexibility index (Phi) is 3.74. The molecule has 0 N–H and O–H groups in total. The van der Waals surface area contributed by atoms with E-state index in [-0.39, 0.29) is 10.5 Å². The standard InChI is InChI=1S/C7H13F3S/c1-6(2,3)11-5-4-7(8,9)10/h4-5H2,1-3H3. The number of halogens is 3. The zero-order valence-corrected chi connectivity index (χ0v) is 7.77. The highest BCUT2D eigenvalue weighted by Gasteiger charge is 2.27. The summed E-state index contributed by atoms with van der Waals surface area (Å²) in [5.74, 6) is 0.160. The van der Waals surface area contributed by atoms with Gasteiger partial charge in [-0.25, -0.2) is 0 Å². The highest BCUT2D eigenvalue weighted by Crippen LogP contribution is 2.28. The summed E-state index contributed by atoms with van der Waals surface area (Å²) in [6.07, 6.45) is -4.69. The molecule has 0 radical (unpaired) electrons. The Morgan fingerprint density at radius 3 is 1.82 bits per heavy atom. The van der Waals surface area contributed by atoms with Crippen molar-refractivity contribution in [2.75, 3.05) is 5.75 Å². The molecule has 0 aromatic rings. The van der Waals surface area contributed by atoms with Crippen LogP contribution in [0.5, 0.6) is 0 Å². The second kappa shape index (κ2) is 3.70. The van der Waals surface area contributed by atoms with E-state index >= 15 is 0 Å². The average Bonchev–Trinajstić information content (AvgIpc) is 1.55. The molecule has 0 unspecified atom stereocenters. The summed E-state index contributed by atoms with van der Waals surface area (Å²) < 4.78 is 34.8. The summed E-state index contributed by atoms with van der Waals surface area (Å²) in [5.41, 5.74) is 0. The summed E-state index contributed by atoms with van der Waals surface area (Å²) >= 11 is 1.34. The predicted octanol–water partition coefficient (Wildman–Crippen LogP) is 3.47. The van der Waals surface area contributed by atoms with E-state index in [2.05, 4.69) is 0 Å². The van der Waals surface area contributed by atoms with Gasteiger partial charge >= 0.3 is 6.18 Å². The van der Waals surface area contributed by atoms with Crippen LogP contribution in [0.3, 0.4) is 0 Å². The zero-order chi connectivity index (χ0) is 9.12. The first-order chi connectivity index (χ1) is 4.71. The van der Waals surface area contributed by atoms with Crippen LogP contribution in [-0.4, -0.2) is 16.7 Å². The lowest BCUT2D eigenvalue weighted by Crippen LogP contribution is -2.13. The second-order valence-electron chi connectivity index (χ2n) is 3.33. The molecule has 0 aliphatic heterocycles. The van der Waals surface area contributed by atoms with Crippen molar-refractivity contribution < 1.29 is 13.2 Å². The van der Waals surface area contributed by atoms with Gasteiger partial charge < -0.3 is 0 Å². The van der Waals surface area contributed by atoms with Gasteiger partial charge in [-0.3, -0.25) is 0 Å². The number of rotatable bonds is 2. The molecule has 0 amide bonds. The summed E-state index contributed by atoms with van der Waals surface area (Å²) in [4.78, 5) is 0. The molecule has 0 saturated heterocycles. The normalized spacial score (nSPS) is 13.6. The van der Waals surface area contributed by atoms with Crippen LogP contribution in [-0.2, 0) is 0 Å². The van der Waals surface area contributed by atoms with E-state index in [0.717, 1.165) is 0 Å². The summed E-state index contributed by atoms with van der Waals surface area (Å²) in [7, 11) is 0. The topological polar surface area (TPSA) is 0 Å². The van der Waals surface area contributed by atoms with Crippen LogP contribution < -0.4 is 0 Å². The molecule has 0 aliphatic rings. The Bertz CT molecular complexity index is 97.8. The van der Waals surface area contributed by atoms with Crippen molar-refractivity contribution in [3.8, 4) is 0 Å². The minimum absolute atomic E-state index is 0.0642. The summed E-state index contributed by atoms with van der Waals surface area (Å²) in [6, 6.07) is 0. The van der Waals surface area contributed by atoms with Crippen molar-refractivity contribution >= 4 is 11.8 Å². The fourth-order valence-corrected chi connectivity index (χ4v) is 1.42.